The molecule has 3 fully saturated rings. The van der Waals surface area contributed by atoms with Crippen LogP contribution in [0.15, 0.2) is 28.7 Å². The Morgan fingerprint density at radius 2 is 1.74 bits per heavy atom. The first-order chi connectivity index (χ1) is 22.4. The van der Waals surface area contributed by atoms with Crippen molar-refractivity contribution in [2.75, 3.05) is 46.8 Å². The van der Waals surface area contributed by atoms with Crippen LogP contribution in [0.25, 0.3) is 11.0 Å². The number of esters is 1. The molecule has 3 atom stereocenters. The first kappa shape index (κ1) is 34.6. The van der Waals surface area contributed by atoms with Crippen LogP contribution in [0, 0.1) is 29.6 Å². The number of carbonyl (C=O) groups excluding carboxylic acids is 3. The molecule has 9 heteroatoms. The van der Waals surface area contributed by atoms with E-state index in [0.29, 0.717) is 50.2 Å². The van der Waals surface area contributed by atoms with Crippen molar-refractivity contribution in [1.29, 1.82) is 0 Å². The summed E-state index contributed by atoms with van der Waals surface area (Å²) in [4.78, 5) is 42.7. The Hall–Kier alpha value is -2.78. The number of furan rings is 1. The standard InChI is InChI=1S/C37H52FNO7/c1-25(24-38)27-10-12-29(13-11-27)36(41)39-16-15-31(28-7-4-3-5-8-28)35(39)32(40)22-26-9-14-33-30(21-26)23-34(46-33)37(42)45-18-6-17-44-20-19-43-2/h9,14,21,23,25,27-29,31,35H,3-8,10-13,15-20,22,24H2,1-2H3/t25-,27?,29?,31+,35+/m1/s1. The van der Waals surface area contributed by atoms with Gasteiger partial charge in [-0.1, -0.05) is 45.1 Å². The van der Waals surface area contributed by atoms with Gasteiger partial charge < -0.3 is 23.5 Å². The largest absolute Gasteiger partial charge is 0.460 e. The Labute approximate surface area is 272 Å². The number of fused-ring (bicyclic) bond motifs is 1. The van der Waals surface area contributed by atoms with E-state index in [1.807, 2.05) is 24.0 Å². The number of alkyl halides is 1. The van der Waals surface area contributed by atoms with Crippen molar-refractivity contribution in [3.8, 4) is 0 Å². The average molecular weight is 642 g/mol. The van der Waals surface area contributed by atoms with Gasteiger partial charge in [0.2, 0.25) is 11.7 Å². The van der Waals surface area contributed by atoms with E-state index >= 15 is 0 Å². The quantitative estimate of drug-likeness (QED) is 0.153. The monoisotopic (exact) mass is 641 g/mol. The maximum atomic E-state index is 14.2. The molecule has 254 valence electrons. The number of halogens is 1. The fraction of sp³-hybridized carbons (Fsp3) is 0.703. The van der Waals surface area contributed by atoms with Crippen molar-refractivity contribution < 1.29 is 37.4 Å². The Balaban J connectivity index is 1.23. The molecule has 0 N–H and O–H groups in total. The maximum absolute atomic E-state index is 14.2. The summed E-state index contributed by atoms with van der Waals surface area (Å²) in [5.74, 6) is 0.785. The summed E-state index contributed by atoms with van der Waals surface area (Å²) in [6, 6.07) is 6.84. The van der Waals surface area contributed by atoms with E-state index in [4.69, 9.17) is 18.6 Å². The topological polar surface area (TPSA) is 95.3 Å². The molecule has 2 heterocycles. The van der Waals surface area contributed by atoms with Crippen LogP contribution in [0.4, 0.5) is 4.39 Å². The lowest BCUT2D eigenvalue weighted by atomic mass is 9.74. The molecule has 8 nitrogen and oxygen atoms in total. The SMILES string of the molecule is COCCOCCCOC(=O)c1cc2cc(CC(=O)[C@@H]3[C@H](C4CCCCC4)CCN3C(=O)C3CCC([C@H](C)CF)CC3)ccc2o1. The number of Topliss-reactive ketones (excluding diaryl/α,β-unsaturated/α-hetero) is 1. The zero-order chi connectivity index (χ0) is 32.5. The normalized spacial score (nSPS) is 24.7. The van der Waals surface area contributed by atoms with Crippen molar-refractivity contribution >= 4 is 28.6 Å². The summed E-state index contributed by atoms with van der Waals surface area (Å²) in [5, 5.41) is 0.739. The third-order valence-electron chi connectivity index (χ3n) is 10.7. The van der Waals surface area contributed by atoms with E-state index in [-0.39, 0.29) is 54.9 Å². The number of ether oxygens (including phenoxy) is 3. The van der Waals surface area contributed by atoms with Gasteiger partial charge in [-0.2, -0.15) is 0 Å². The van der Waals surface area contributed by atoms with Crippen molar-refractivity contribution in [1.82, 2.24) is 4.90 Å². The van der Waals surface area contributed by atoms with Crippen molar-refractivity contribution in [2.45, 2.75) is 90.0 Å². The zero-order valence-corrected chi connectivity index (χ0v) is 27.7. The highest BCUT2D eigenvalue weighted by Crippen LogP contribution is 2.42. The van der Waals surface area contributed by atoms with Gasteiger partial charge in [-0.15, -0.1) is 0 Å². The Morgan fingerprint density at radius 1 is 0.957 bits per heavy atom. The van der Waals surface area contributed by atoms with Gasteiger partial charge in [-0.3, -0.25) is 14.0 Å². The number of methoxy groups -OCH3 is 1. The molecule has 1 amide bonds. The van der Waals surface area contributed by atoms with Gasteiger partial charge in [0.05, 0.1) is 32.5 Å². The summed E-state index contributed by atoms with van der Waals surface area (Å²) in [5.41, 5.74) is 1.40. The Bertz CT molecular complexity index is 1300. The summed E-state index contributed by atoms with van der Waals surface area (Å²) < 4.78 is 34.7. The second-order valence-electron chi connectivity index (χ2n) is 13.8. The second kappa shape index (κ2) is 16.9. The third kappa shape index (κ3) is 8.57. The van der Waals surface area contributed by atoms with Crippen LogP contribution in [0.5, 0.6) is 0 Å². The second-order valence-corrected chi connectivity index (χ2v) is 13.8. The van der Waals surface area contributed by atoms with Crippen LogP contribution < -0.4 is 0 Å². The summed E-state index contributed by atoms with van der Waals surface area (Å²) in [7, 11) is 1.62. The maximum Gasteiger partial charge on any atom is 0.374 e. The average Bonchev–Trinajstić information content (AvgIpc) is 3.73. The van der Waals surface area contributed by atoms with Crippen LogP contribution in [-0.4, -0.2) is 75.4 Å². The number of amides is 1. The number of likely N-dealkylation sites (tertiary alicyclic amines) is 1. The number of ketones is 1. The van der Waals surface area contributed by atoms with E-state index in [0.717, 1.165) is 55.9 Å². The molecule has 2 saturated carbocycles. The molecule has 1 aliphatic heterocycles. The minimum Gasteiger partial charge on any atom is -0.460 e. The molecule has 5 rings (SSSR count). The van der Waals surface area contributed by atoms with Crippen molar-refractivity contribution in [3.05, 3.63) is 35.6 Å². The van der Waals surface area contributed by atoms with E-state index < -0.39 is 12.0 Å². The highest BCUT2D eigenvalue weighted by molar-refractivity contribution is 5.94. The van der Waals surface area contributed by atoms with Crippen LogP contribution >= 0.6 is 0 Å². The van der Waals surface area contributed by atoms with Gasteiger partial charge in [-0.25, -0.2) is 4.79 Å². The summed E-state index contributed by atoms with van der Waals surface area (Å²) in [6.45, 7) is 4.01. The molecule has 1 aromatic carbocycles. The first-order valence-corrected chi connectivity index (χ1v) is 17.5. The summed E-state index contributed by atoms with van der Waals surface area (Å²) in [6.07, 6.45) is 10.9. The van der Waals surface area contributed by atoms with E-state index in [1.165, 1.54) is 19.3 Å². The molecule has 46 heavy (non-hydrogen) atoms. The predicted octanol–water partition coefficient (Wildman–Crippen LogP) is 6.96. The van der Waals surface area contributed by atoms with Gasteiger partial charge in [0.25, 0.3) is 0 Å². The Morgan fingerprint density at radius 3 is 2.48 bits per heavy atom. The van der Waals surface area contributed by atoms with Crippen LogP contribution in [0.3, 0.4) is 0 Å². The fourth-order valence-electron chi connectivity index (χ4n) is 8.08. The van der Waals surface area contributed by atoms with Crippen LogP contribution in [-0.2, 0) is 30.2 Å². The van der Waals surface area contributed by atoms with Crippen molar-refractivity contribution in [2.24, 2.45) is 29.6 Å². The van der Waals surface area contributed by atoms with E-state index in [9.17, 15) is 18.8 Å². The molecule has 0 radical (unpaired) electrons. The zero-order valence-electron chi connectivity index (χ0n) is 27.7. The highest BCUT2D eigenvalue weighted by atomic mass is 19.1. The molecule has 0 spiro atoms. The lowest BCUT2D eigenvalue weighted by molar-refractivity contribution is -0.143. The summed E-state index contributed by atoms with van der Waals surface area (Å²) >= 11 is 0. The van der Waals surface area contributed by atoms with Gasteiger partial charge in [0.1, 0.15) is 5.58 Å². The van der Waals surface area contributed by atoms with Crippen LogP contribution in [0.1, 0.15) is 93.7 Å². The molecular weight excluding hydrogens is 589 g/mol. The smallest absolute Gasteiger partial charge is 0.374 e. The van der Waals surface area contributed by atoms with Crippen LogP contribution in [0.2, 0.25) is 0 Å². The van der Waals surface area contributed by atoms with E-state index in [1.54, 1.807) is 19.2 Å². The lowest BCUT2D eigenvalue weighted by Gasteiger charge is -2.37. The number of hydrogen-bond donors (Lipinski definition) is 0. The fourth-order valence-corrected chi connectivity index (χ4v) is 8.08. The minimum absolute atomic E-state index is 0.0404. The number of rotatable bonds is 15. The Kier molecular flexibility index (Phi) is 12.7. The molecule has 1 aromatic heterocycles. The third-order valence-corrected chi connectivity index (χ3v) is 10.7. The molecule has 1 saturated heterocycles. The number of nitrogens with zero attached hydrogens (tertiary/aromatic N) is 1. The van der Waals surface area contributed by atoms with Gasteiger partial charge in [0, 0.05) is 44.4 Å². The first-order valence-electron chi connectivity index (χ1n) is 17.5. The molecule has 0 bridgehead atoms. The van der Waals surface area contributed by atoms with Gasteiger partial charge in [-0.05, 0) is 79.5 Å². The molecule has 2 aromatic rings. The molecular formula is C37H52FNO7. The van der Waals surface area contributed by atoms with Gasteiger partial charge in [0.15, 0.2) is 5.78 Å². The molecule has 3 aliphatic rings. The van der Waals surface area contributed by atoms with Gasteiger partial charge >= 0.3 is 5.97 Å². The van der Waals surface area contributed by atoms with Crippen molar-refractivity contribution in [3.63, 3.8) is 0 Å². The minimum atomic E-state index is -0.533. The lowest BCUT2D eigenvalue weighted by Crippen LogP contribution is -2.48. The number of hydrogen-bond acceptors (Lipinski definition) is 7. The predicted molar refractivity (Wildman–Crippen MR) is 173 cm³/mol. The highest BCUT2D eigenvalue weighted by Gasteiger charge is 2.46. The molecule has 0 unspecified atom stereocenters. The van der Waals surface area contributed by atoms with E-state index in [2.05, 4.69) is 0 Å². The number of carbonyl (C=O) groups is 3. The molecule has 2 aliphatic carbocycles. The number of benzene rings is 1.